The SMILES string of the molecule is CCCCCCCCCC(=O)OC[C@H](COP(=O)(O)OC[C@H](O)COP(=O)(O)OC[C@@H](COC(=O)CCCCCCCCCCCCCCCCC(C)CC)OC(=O)CCCCCCCCCCCCCCCCCCC(C)C)OC(=O)CCCCCCCCCCC(C)C. The number of phosphoric ester groups is 2. The highest BCUT2D eigenvalue weighted by Gasteiger charge is 2.30. The molecule has 95 heavy (non-hydrogen) atoms. The quantitative estimate of drug-likeness (QED) is 0.0222. The second-order valence-electron chi connectivity index (χ2n) is 28.6. The van der Waals surface area contributed by atoms with Crippen molar-refractivity contribution in [1.29, 1.82) is 0 Å². The van der Waals surface area contributed by atoms with Crippen LogP contribution in [0.15, 0.2) is 0 Å². The van der Waals surface area contributed by atoms with Gasteiger partial charge in [0.05, 0.1) is 26.4 Å². The third kappa shape index (κ3) is 69.0. The number of unbranched alkanes of at least 4 members (excludes halogenated alkanes) is 41. The van der Waals surface area contributed by atoms with E-state index in [0.717, 1.165) is 120 Å². The molecule has 0 aromatic carbocycles. The number of phosphoric acid groups is 2. The predicted octanol–water partition coefficient (Wildman–Crippen LogP) is 22.2. The molecule has 0 aliphatic rings. The van der Waals surface area contributed by atoms with Gasteiger partial charge in [-0.3, -0.25) is 37.3 Å². The van der Waals surface area contributed by atoms with Gasteiger partial charge in [0.25, 0.3) is 0 Å². The molecule has 0 spiro atoms. The van der Waals surface area contributed by atoms with Gasteiger partial charge in [-0.1, -0.05) is 337 Å². The summed E-state index contributed by atoms with van der Waals surface area (Å²) in [6.07, 6.45) is 52.9. The molecule has 17 nitrogen and oxygen atoms in total. The van der Waals surface area contributed by atoms with Crippen molar-refractivity contribution in [3.63, 3.8) is 0 Å². The summed E-state index contributed by atoms with van der Waals surface area (Å²) in [5.41, 5.74) is 0. The van der Waals surface area contributed by atoms with Gasteiger partial charge in [-0.05, 0) is 43.4 Å². The largest absolute Gasteiger partial charge is 0.472 e. The molecule has 0 saturated heterocycles. The monoisotopic (exact) mass is 1400 g/mol. The van der Waals surface area contributed by atoms with Crippen LogP contribution in [0.2, 0.25) is 0 Å². The molecule has 6 atom stereocenters. The van der Waals surface area contributed by atoms with Gasteiger partial charge in [0.15, 0.2) is 12.2 Å². The maximum absolute atomic E-state index is 13.1. The minimum Gasteiger partial charge on any atom is -0.462 e. The van der Waals surface area contributed by atoms with Gasteiger partial charge < -0.3 is 33.8 Å². The Morgan fingerprint density at radius 2 is 0.537 bits per heavy atom. The second kappa shape index (κ2) is 66.6. The molecule has 0 fully saturated rings. The zero-order valence-corrected chi connectivity index (χ0v) is 63.9. The lowest BCUT2D eigenvalue weighted by molar-refractivity contribution is -0.161. The fourth-order valence-corrected chi connectivity index (χ4v) is 13.1. The highest BCUT2D eigenvalue weighted by Crippen LogP contribution is 2.45. The maximum atomic E-state index is 13.1. The van der Waals surface area contributed by atoms with Crippen molar-refractivity contribution in [3.05, 3.63) is 0 Å². The molecular weight excluding hydrogens is 1250 g/mol. The van der Waals surface area contributed by atoms with Crippen LogP contribution in [-0.4, -0.2) is 96.7 Å². The fraction of sp³-hybridized carbons (Fsp3) is 0.947. The number of hydrogen-bond donors (Lipinski definition) is 3. The van der Waals surface area contributed by atoms with Crippen molar-refractivity contribution in [1.82, 2.24) is 0 Å². The van der Waals surface area contributed by atoms with Crippen LogP contribution < -0.4 is 0 Å². The lowest BCUT2D eigenvalue weighted by Gasteiger charge is -2.21. The van der Waals surface area contributed by atoms with Gasteiger partial charge in [0.2, 0.25) is 0 Å². The van der Waals surface area contributed by atoms with Crippen molar-refractivity contribution in [2.45, 2.75) is 407 Å². The number of aliphatic hydroxyl groups is 1. The van der Waals surface area contributed by atoms with Gasteiger partial charge >= 0.3 is 39.5 Å². The molecule has 0 amide bonds. The third-order valence-corrected chi connectivity index (χ3v) is 19.9. The fourth-order valence-electron chi connectivity index (χ4n) is 11.6. The van der Waals surface area contributed by atoms with E-state index >= 15 is 0 Å². The molecule has 0 radical (unpaired) electrons. The first-order valence-electron chi connectivity index (χ1n) is 39.4. The van der Waals surface area contributed by atoms with E-state index in [2.05, 4.69) is 48.5 Å². The summed E-state index contributed by atoms with van der Waals surface area (Å²) in [6.45, 7) is 11.9. The molecule has 19 heteroatoms. The second-order valence-corrected chi connectivity index (χ2v) is 31.5. The lowest BCUT2D eigenvalue weighted by atomic mass is 9.99. The molecular formula is C76H148O17P2. The van der Waals surface area contributed by atoms with E-state index in [4.69, 9.17) is 37.0 Å². The average Bonchev–Trinajstić information content (AvgIpc) is 1.26. The van der Waals surface area contributed by atoms with E-state index in [0.29, 0.717) is 25.7 Å². The van der Waals surface area contributed by atoms with Crippen LogP contribution in [-0.2, 0) is 65.4 Å². The highest BCUT2D eigenvalue weighted by molar-refractivity contribution is 7.47. The maximum Gasteiger partial charge on any atom is 0.472 e. The Kier molecular flexibility index (Phi) is 65.2. The van der Waals surface area contributed by atoms with Gasteiger partial charge in [-0.2, -0.15) is 0 Å². The predicted molar refractivity (Wildman–Crippen MR) is 386 cm³/mol. The lowest BCUT2D eigenvalue weighted by Crippen LogP contribution is -2.30. The minimum absolute atomic E-state index is 0.104. The first-order chi connectivity index (χ1) is 45.8. The Morgan fingerprint density at radius 1 is 0.305 bits per heavy atom. The van der Waals surface area contributed by atoms with Crippen LogP contribution in [0.4, 0.5) is 0 Å². The molecule has 0 saturated carbocycles. The number of aliphatic hydroxyl groups excluding tert-OH is 1. The molecule has 0 aromatic heterocycles. The number of ether oxygens (including phenoxy) is 4. The molecule has 0 aliphatic heterocycles. The van der Waals surface area contributed by atoms with Crippen LogP contribution in [0.25, 0.3) is 0 Å². The zero-order valence-electron chi connectivity index (χ0n) is 62.1. The van der Waals surface area contributed by atoms with Crippen LogP contribution in [0.1, 0.15) is 389 Å². The average molecular weight is 1400 g/mol. The van der Waals surface area contributed by atoms with E-state index in [-0.39, 0.29) is 25.7 Å². The molecule has 0 rings (SSSR count). The summed E-state index contributed by atoms with van der Waals surface area (Å²) in [7, 11) is -9.91. The number of esters is 4. The Morgan fingerprint density at radius 3 is 0.800 bits per heavy atom. The molecule has 564 valence electrons. The van der Waals surface area contributed by atoms with Crippen molar-refractivity contribution in [3.8, 4) is 0 Å². The van der Waals surface area contributed by atoms with Crippen LogP contribution >= 0.6 is 15.6 Å². The van der Waals surface area contributed by atoms with Crippen LogP contribution in [0.5, 0.6) is 0 Å². The summed E-state index contributed by atoms with van der Waals surface area (Å²) in [4.78, 5) is 72.6. The van der Waals surface area contributed by atoms with Crippen LogP contribution in [0, 0.1) is 17.8 Å². The third-order valence-electron chi connectivity index (χ3n) is 18.0. The molecule has 3 N–H and O–H groups in total. The topological polar surface area (TPSA) is 237 Å². The number of carbonyl (C=O) groups is 4. The zero-order chi connectivity index (χ0) is 70.1. The van der Waals surface area contributed by atoms with E-state index < -0.39 is 97.5 Å². The van der Waals surface area contributed by atoms with Crippen LogP contribution in [0.3, 0.4) is 0 Å². The van der Waals surface area contributed by atoms with Crippen molar-refractivity contribution in [2.75, 3.05) is 39.6 Å². The summed E-state index contributed by atoms with van der Waals surface area (Å²) >= 11 is 0. The molecule has 0 bridgehead atoms. The summed E-state index contributed by atoms with van der Waals surface area (Å²) in [6, 6.07) is 0. The number of rotatable bonds is 74. The first-order valence-corrected chi connectivity index (χ1v) is 42.4. The van der Waals surface area contributed by atoms with E-state index in [1.807, 2.05) is 0 Å². The number of hydrogen-bond acceptors (Lipinski definition) is 15. The molecule has 0 aliphatic carbocycles. The molecule has 0 heterocycles. The van der Waals surface area contributed by atoms with Crippen molar-refractivity contribution in [2.24, 2.45) is 17.8 Å². The van der Waals surface area contributed by atoms with Gasteiger partial charge in [-0.25, -0.2) is 9.13 Å². The smallest absolute Gasteiger partial charge is 0.462 e. The van der Waals surface area contributed by atoms with E-state index in [1.54, 1.807) is 0 Å². The summed E-state index contributed by atoms with van der Waals surface area (Å²) in [5, 5.41) is 10.6. The van der Waals surface area contributed by atoms with Gasteiger partial charge in [0, 0.05) is 25.7 Å². The normalized spacial score (nSPS) is 14.4. The highest BCUT2D eigenvalue weighted by atomic mass is 31.2. The molecule has 3 unspecified atom stereocenters. The van der Waals surface area contributed by atoms with E-state index in [1.165, 1.54) is 186 Å². The summed E-state index contributed by atoms with van der Waals surface area (Å²) in [5.74, 6) is 0.254. The minimum atomic E-state index is -4.96. The Labute approximate surface area is 581 Å². The Hall–Kier alpha value is -1.94. The number of carbonyl (C=O) groups excluding carboxylic acids is 4. The van der Waals surface area contributed by atoms with E-state index in [9.17, 15) is 43.2 Å². The van der Waals surface area contributed by atoms with Crippen molar-refractivity contribution >= 4 is 39.5 Å². The summed E-state index contributed by atoms with van der Waals surface area (Å²) < 4.78 is 68.4. The Balaban J connectivity index is 5.18. The Bertz CT molecular complexity index is 1850. The first kappa shape index (κ1) is 93.1. The standard InChI is InChI=1S/C76H148O17P2/c1-8-10-11-12-33-43-50-57-73(78)86-63-71(93-76(81)60-53-46-39-32-31-35-41-48-55-68(5)6)65-90-94(82,83)88-61-70(77)62-89-95(84,85)91-66-72(64-87-74(79)58-51-44-37-29-25-21-18-17-20-24-28-36-42-49-56-69(7)9-2)92-75(80)59-52-45-38-30-26-22-16-14-13-15-19-23-27-34-40-47-54-67(3)4/h67-72,77H,8-66H2,1-7H3,(H,82,83)(H,84,85)/t69?,70-,71+,72+/m0/s1. The molecule has 0 aromatic rings. The van der Waals surface area contributed by atoms with Gasteiger partial charge in [0.1, 0.15) is 19.3 Å². The van der Waals surface area contributed by atoms with Gasteiger partial charge in [-0.15, -0.1) is 0 Å². The van der Waals surface area contributed by atoms with Crippen molar-refractivity contribution < 1.29 is 80.2 Å².